The SMILES string of the molecule is CC.CCS(=O)(=O)NCCOCCOCCOCCOCCNC.[HH].[HH]. The van der Waals surface area contributed by atoms with E-state index in [4.69, 9.17) is 18.9 Å². The first-order chi connectivity index (χ1) is 11.6. The van der Waals surface area contributed by atoms with Crippen LogP contribution in [0.3, 0.4) is 0 Å². The molecule has 9 heteroatoms. The molecule has 0 fully saturated rings. The van der Waals surface area contributed by atoms with Gasteiger partial charge in [-0.1, -0.05) is 13.8 Å². The second-order valence-corrected chi connectivity index (χ2v) is 6.45. The van der Waals surface area contributed by atoms with E-state index in [1.165, 1.54) is 0 Å². The Hall–Kier alpha value is -0.290. The highest BCUT2D eigenvalue weighted by atomic mass is 32.2. The van der Waals surface area contributed by atoms with E-state index in [2.05, 4.69) is 10.0 Å². The second kappa shape index (κ2) is 20.8. The summed E-state index contributed by atoms with van der Waals surface area (Å²) in [5, 5.41) is 2.99. The van der Waals surface area contributed by atoms with Crippen LogP contribution in [0.25, 0.3) is 0 Å². The molecule has 0 aromatic rings. The molecule has 0 amide bonds. The summed E-state index contributed by atoms with van der Waals surface area (Å²) in [7, 11) is -1.25. The Morgan fingerprint density at radius 2 is 1.12 bits per heavy atom. The molecule has 152 valence electrons. The molecule has 0 saturated heterocycles. The van der Waals surface area contributed by atoms with Crippen molar-refractivity contribution in [2.24, 2.45) is 0 Å². The van der Waals surface area contributed by atoms with Gasteiger partial charge in [-0.15, -0.1) is 0 Å². The second-order valence-electron chi connectivity index (χ2n) is 4.35. The molecule has 8 nitrogen and oxygen atoms in total. The van der Waals surface area contributed by atoms with Gasteiger partial charge in [0.05, 0.1) is 58.6 Å². The van der Waals surface area contributed by atoms with Gasteiger partial charge in [-0.2, -0.15) is 0 Å². The fourth-order valence-electron chi connectivity index (χ4n) is 1.31. The molecule has 0 rings (SSSR count). The molecule has 0 atom stereocenters. The highest BCUT2D eigenvalue weighted by Crippen LogP contribution is 1.84. The molecule has 0 bridgehead atoms. The number of ether oxygens (including phenoxy) is 4. The first-order valence-electron chi connectivity index (χ1n) is 8.55. The van der Waals surface area contributed by atoms with Crippen molar-refractivity contribution >= 4 is 10.0 Å². The zero-order valence-corrected chi connectivity index (χ0v) is 16.5. The van der Waals surface area contributed by atoms with Crippen LogP contribution >= 0.6 is 0 Å². The van der Waals surface area contributed by atoms with Crippen LogP contribution in [0.15, 0.2) is 0 Å². The Balaban J connectivity index is -0.000000582. The molecule has 0 aromatic carbocycles. The van der Waals surface area contributed by atoms with Crippen LogP contribution in [0.2, 0.25) is 0 Å². The lowest BCUT2D eigenvalue weighted by molar-refractivity contribution is -0.000712. The lowest BCUT2D eigenvalue weighted by Crippen LogP contribution is -2.29. The minimum absolute atomic E-state index is 0. The van der Waals surface area contributed by atoms with Crippen molar-refractivity contribution in [2.45, 2.75) is 20.8 Å². The van der Waals surface area contributed by atoms with E-state index in [-0.39, 0.29) is 15.2 Å². The van der Waals surface area contributed by atoms with Gasteiger partial charge in [0.2, 0.25) is 10.0 Å². The molecular formula is C15H40N2O6S. The molecule has 0 aliphatic carbocycles. The van der Waals surface area contributed by atoms with E-state index in [0.29, 0.717) is 52.9 Å². The fourth-order valence-corrected chi connectivity index (χ4v) is 1.91. The number of hydrogen-bond acceptors (Lipinski definition) is 7. The first-order valence-corrected chi connectivity index (χ1v) is 10.2. The van der Waals surface area contributed by atoms with Crippen LogP contribution in [0.4, 0.5) is 0 Å². The highest BCUT2D eigenvalue weighted by molar-refractivity contribution is 7.89. The Morgan fingerprint density at radius 3 is 1.50 bits per heavy atom. The van der Waals surface area contributed by atoms with E-state index in [1.807, 2.05) is 20.9 Å². The molecule has 0 unspecified atom stereocenters. The van der Waals surface area contributed by atoms with Crippen LogP contribution in [0.5, 0.6) is 0 Å². The van der Waals surface area contributed by atoms with Gasteiger partial charge in [-0.05, 0) is 14.0 Å². The summed E-state index contributed by atoms with van der Waals surface area (Å²) in [6, 6.07) is 0. The van der Waals surface area contributed by atoms with E-state index < -0.39 is 10.0 Å². The van der Waals surface area contributed by atoms with Crippen LogP contribution in [-0.2, 0) is 29.0 Å². The van der Waals surface area contributed by atoms with Gasteiger partial charge < -0.3 is 24.3 Å². The molecule has 0 aliphatic rings. The summed E-state index contributed by atoms with van der Waals surface area (Å²) in [4.78, 5) is 0. The summed E-state index contributed by atoms with van der Waals surface area (Å²) in [6.07, 6.45) is 0. The summed E-state index contributed by atoms with van der Waals surface area (Å²) < 4.78 is 45.8. The quantitative estimate of drug-likeness (QED) is 0.361. The van der Waals surface area contributed by atoms with Gasteiger partial charge in [0.25, 0.3) is 0 Å². The topological polar surface area (TPSA) is 95.1 Å². The Morgan fingerprint density at radius 1 is 0.750 bits per heavy atom. The van der Waals surface area contributed by atoms with Crippen molar-refractivity contribution in [1.29, 1.82) is 0 Å². The molecule has 0 aliphatic heterocycles. The normalized spacial score (nSPS) is 11.2. The Bertz CT molecular complexity index is 338. The maximum atomic E-state index is 11.1. The number of nitrogens with one attached hydrogen (secondary N) is 2. The van der Waals surface area contributed by atoms with Crippen molar-refractivity contribution in [3.63, 3.8) is 0 Å². The highest BCUT2D eigenvalue weighted by Gasteiger charge is 2.04. The largest absolute Gasteiger partial charge is 0.378 e. The lowest BCUT2D eigenvalue weighted by Gasteiger charge is -2.08. The van der Waals surface area contributed by atoms with Gasteiger partial charge >= 0.3 is 0 Å². The van der Waals surface area contributed by atoms with Crippen LogP contribution in [0.1, 0.15) is 23.6 Å². The molecule has 0 saturated carbocycles. The fraction of sp³-hybridized carbons (Fsp3) is 1.00. The maximum Gasteiger partial charge on any atom is 0.211 e. The van der Waals surface area contributed by atoms with Crippen LogP contribution < -0.4 is 10.0 Å². The van der Waals surface area contributed by atoms with Gasteiger partial charge in [0.15, 0.2) is 0 Å². The van der Waals surface area contributed by atoms with Crippen molar-refractivity contribution in [2.75, 3.05) is 78.7 Å². The first kappa shape index (κ1) is 25.9. The summed E-state index contributed by atoms with van der Waals surface area (Å²) >= 11 is 0. The third-order valence-corrected chi connectivity index (χ3v) is 3.96. The number of rotatable bonds is 17. The minimum Gasteiger partial charge on any atom is -0.378 e. The molecule has 0 heterocycles. The average Bonchev–Trinajstić information content (AvgIpc) is 2.60. The average molecular weight is 377 g/mol. The van der Waals surface area contributed by atoms with E-state index in [9.17, 15) is 8.42 Å². The van der Waals surface area contributed by atoms with Crippen molar-refractivity contribution in [3.8, 4) is 0 Å². The minimum atomic E-state index is -3.13. The van der Waals surface area contributed by atoms with Crippen molar-refractivity contribution in [1.82, 2.24) is 10.0 Å². The standard InChI is InChI=1S/C13H30N2O6S.C2H6.2H2/c1-3-22(16,17)15-5-7-19-9-11-21-13-12-20-10-8-18-6-4-14-2;1-2;;/h14-15H,3-13H2,1-2H3;1-2H3;2*1H. The zero-order valence-electron chi connectivity index (χ0n) is 15.6. The molecular weight excluding hydrogens is 336 g/mol. The lowest BCUT2D eigenvalue weighted by atomic mass is 10.6. The Kier molecular flexibility index (Phi) is 22.4. The summed E-state index contributed by atoms with van der Waals surface area (Å²) in [5.41, 5.74) is 0. The predicted octanol–water partition coefficient (Wildman–Crippen LogP) is 0.730. The Labute approximate surface area is 150 Å². The molecule has 24 heavy (non-hydrogen) atoms. The summed E-state index contributed by atoms with van der Waals surface area (Å²) in [5.74, 6) is 0.0800. The van der Waals surface area contributed by atoms with E-state index >= 15 is 0 Å². The van der Waals surface area contributed by atoms with Gasteiger partial charge in [-0.25, -0.2) is 13.1 Å². The maximum absolute atomic E-state index is 11.1. The van der Waals surface area contributed by atoms with Crippen molar-refractivity contribution in [3.05, 3.63) is 0 Å². The van der Waals surface area contributed by atoms with Crippen LogP contribution in [-0.4, -0.2) is 87.2 Å². The third kappa shape index (κ3) is 21.7. The van der Waals surface area contributed by atoms with Crippen molar-refractivity contribution < 1.29 is 30.2 Å². The number of likely N-dealkylation sites (N-methyl/N-ethyl adjacent to an activating group) is 1. The van der Waals surface area contributed by atoms with E-state index in [0.717, 1.165) is 6.54 Å². The molecule has 0 aromatic heterocycles. The summed E-state index contributed by atoms with van der Waals surface area (Å²) in [6.45, 7) is 10.8. The van der Waals surface area contributed by atoms with Gasteiger partial charge in [0.1, 0.15) is 0 Å². The van der Waals surface area contributed by atoms with Gasteiger partial charge in [-0.3, -0.25) is 0 Å². The van der Waals surface area contributed by atoms with Gasteiger partial charge in [0, 0.05) is 15.9 Å². The third-order valence-electron chi connectivity index (χ3n) is 2.56. The van der Waals surface area contributed by atoms with Crippen LogP contribution in [0, 0.1) is 0 Å². The molecule has 0 spiro atoms. The monoisotopic (exact) mass is 376 g/mol. The smallest absolute Gasteiger partial charge is 0.211 e. The van der Waals surface area contributed by atoms with E-state index in [1.54, 1.807) is 6.92 Å². The number of sulfonamides is 1. The molecule has 2 N–H and O–H groups in total. The zero-order chi connectivity index (χ0) is 18.5. The molecule has 0 radical (unpaired) electrons. The number of hydrogen-bond donors (Lipinski definition) is 2. The predicted molar refractivity (Wildman–Crippen MR) is 100 cm³/mol.